The van der Waals surface area contributed by atoms with Crippen molar-refractivity contribution < 1.29 is 17.9 Å². The molecule has 0 amide bonds. The van der Waals surface area contributed by atoms with Gasteiger partial charge in [0.15, 0.2) is 0 Å². The van der Waals surface area contributed by atoms with Crippen LogP contribution in [0.25, 0.3) is 45.0 Å². The Kier molecular flexibility index (Phi) is 8.82. The number of hydrogen-bond donors (Lipinski definition) is 0. The van der Waals surface area contributed by atoms with E-state index in [-0.39, 0.29) is 3.63 Å². The summed E-state index contributed by atoms with van der Waals surface area (Å²) in [4.78, 5) is 0. The number of hydrogen-bond acceptors (Lipinski definition) is 0. The molecule has 6 aromatic carbocycles. The predicted molar refractivity (Wildman–Crippen MR) is 214 cm³/mol. The molecule has 1 aliphatic carbocycles. The molecular weight excluding hydrogens is 731 g/mol. The first-order valence-electron chi connectivity index (χ1n) is 17.5. The van der Waals surface area contributed by atoms with E-state index in [0.29, 0.717) is 11.8 Å². The molecule has 1 atom stereocenters. The van der Waals surface area contributed by atoms with E-state index in [2.05, 4.69) is 167 Å². The zero-order valence-corrected chi connectivity index (χ0v) is 33.9. The van der Waals surface area contributed by atoms with Gasteiger partial charge in [0.25, 0.3) is 0 Å². The van der Waals surface area contributed by atoms with Crippen molar-refractivity contribution in [3.63, 3.8) is 0 Å². The number of allylic oxidation sites excluding steroid dienone is 1. The van der Waals surface area contributed by atoms with Crippen LogP contribution in [0.15, 0.2) is 133 Å². The Morgan fingerprint density at radius 2 is 1.18 bits per heavy atom. The van der Waals surface area contributed by atoms with E-state index >= 15 is 0 Å². The first-order chi connectivity index (χ1) is 23.7. The van der Waals surface area contributed by atoms with Crippen LogP contribution in [0.1, 0.15) is 71.0 Å². The zero-order chi connectivity index (χ0) is 33.9. The summed E-state index contributed by atoms with van der Waals surface area (Å²) in [6.45, 7) is 9.18. The van der Waals surface area contributed by atoms with Crippen LogP contribution in [0.4, 0.5) is 0 Å². The molecule has 2 aliphatic rings. The van der Waals surface area contributed by atoms with Crippen molar-refractivity contribution in [1.29, 1.82) is 0 Å². The fourth-order valence-electron chi connectivity index (χ4n) is 8.00. The van der Waals surface area contributed by atoms with Crippen molar-refractivity contribution in [2.75, 3.05) is 0 Å². The van der Waals surface area contributed by atoms with Crippen molar-refractivity contribution in [3.8, 4) is 33.4 Å². The number of benzene rings is 6. The quantitative estimate of drug-likeness (QED) is 0.142. The van der Waals surface area contributed by atoms with Crippen LogP contribution in [0.2, 0.25) is 0 Å². The van der Waals surface area contributed by atoms with Gasteiger partial charge in [-0.05, 0) is 0 Å². The molecule has 4 heteroatoms. The van der Waals surface area contributed by atoms with Gasteiger partial charge in [0.1, 0.15) is 0 Å². The van der Waals surface area contributed by atoms with Crippen molar-refractivity contribution in [1.82, 2.24) is 0 Å². The normalized spacial score (nSPS) is 15.4. The van der Waals surface area contributed by atoms with Crippen LogP contribution in [0.5, 0.6) is 0 Å². The zero-order valence-electron chi connectivity index (χ0n) is 28.5. The monoisotopic (exact) mass is 768 g/mol. The average molecular weight is 771 g/mol. The first-order valence-corrected chi connectivity index (χ1v) is 27.8. The SMILES string of the molecule is CC(C)c1cc(-c2c(-c3ccccc3)ccc3c2C=C(c2ccccc2)[CH]3[Zr]([Cl])([Cl])[c]2cccc3c2[SiH2]c2ccccc2-3)cc(C(C)C)c1. The van der Waals surface area contributed by atoms with E-state index in [4.69, 9.17) is 17.0 Å². The fraction of sp³-hybridized carbons (Fsp3) is 0.156. The van der Waals surface area contributed by atoms with Crippen LogP contribution in [-0.2, 0) is 17.9 Å². The van der Waals surface area contributed by atoms with Gasteiger partial charge in [-0.2, -0.15) is 0 Å². The molecule has 0 fully saturated rings. The molecule has 0 spiro atoms. The van der Waals surface area contributed by atoms with E-state index in [1.807, 2.05) is 0 Å². The van der Waals surface area contributed by atoms with Gasteiger partial charge in [0, 0.05) is 0 Å². The van der Waals surface area contributed by atoms with Crippen molar-refractivity contribution >= 4 is 51.8 Å². The molecule has 0 saturated heterocycles. The molecule has 0 saturated carbocycles. The van der Waals surface area contributed by atoms with Gasteiger partial charge in [-0.15, -0.1) is 0 Å². The third-order valence-electron chi connectivity index (χ3n) is 10.6. The molecule has 1 heterocycles. The van der Waals surface area contributed by atoms with E-state index in [1.165, 1.54) is 80.4 Å². The molecule has 0 aromatic heterocycles. The van der Waals surface area contributed by atoms with Gasteiger partial charge in [0.05, 0.1) is 0 Å². The van der Waals surface area contributed by atoms with Gasteiger partial charge in [-0.1, -0.05) is 0 Å². The molecule has 49 heavy (non-hydrogen) atoms. The van der Waals surface area contributed by atoms with Crippen LogP contribution in [0, 0.1) is 0 Å². The Morgan fingerprint density at radius 1 is 0.571 bits per heavy atom. The van der Waals surface area contributed by atoms with Crippen molar-refractivity contribution in [2.24, 2.45) is 0 Å². The van der Waals surface area contributed by atoms with E-state index in [0.717, 1.165) is 0 Å². The first kappa shape index (κ1) is 32.9. The summed E-state index contributed by atoms with van der Waals surface area (Å²) >= 11 is -4.24. The second-order valence-electron chi connectivity index (χ2n) is 14.2. The Labute approximate surface area is 305 Å². The fourth-order valence-corrected chi connectivity index (χ4v) is 24.5. The Hall–Kier alpha value is -3.26. The second-order valence-corrected chi connectivity index (χ2v) is 30.1. The van der Waals surface area contributed by atoms with E-state index in [9.17, 15) is 0 Å². The Bertz CT molecular complexity index is 2210. The van der Waals surface area contributed by atoms with Crippen LogP contribution in [0.3, 0.4) is 0 Å². The van der Waals surface area contributed by atoms with E-state index in [1.54, 1.807) is 0 Å². The van der Waals surface area contributed by atoms with Gasteiger partial charge in [-0.25, -0.2) is 0 Å². The molecule has 6 aromatic rings. The second kappa shape index (κ2) is 13.1. The summed E-state index contributed by atoms with van der Waals surface area (Å²) in [7, 11) is 15.5. The summed E-state index contributed by atoms with van der Waals surface area (Å²) in [6.07, 6.45) is 2.44. The van der Waals surface area contributed by atoms with Gasteiger partial charge in [-0.3, -0.25) is 0 Å². The van der Waals surface area contributed by atoms with E-state index < -0.39 is 27.4 Å². The predicted octanol–water partition coefficient (Wildman–Crippen LogP) is 10.7. The number of rotatable bonds is 7. The van der Waals surface area contributed by atoms with Gasteiger partial charge >= 0.3 is 308 Å². The summed E-state index contributed by atoms with van der Waals surface area (Å²) in [5, 5.41) is 2.95. The third-order valence-corrected chi connectivity index (χ3v) is 24.8. The molecule has 1 aliphatic heterocycles. The standard InChI is InChI=1S/C33H31.C12H9Si.2ClH.Zr/c1-22(2)27-18-28(23(3)4)20-30(19-27)33-31(25-13-9-6-10-14-25)16-15-26-17-29(21-32(26)33)24-11-7-5-8-12-24;1-3-7-11-9(5-1)10-6-2-4-8-12(10)13-11;;;/h5-23H,1-4H3;1-7H,13H2;2*1H;/q;;;;+2/p-2. The minimum absolute atomic E-state index is 0.0549. The molecule has 1 unspecified atom stereocenters. The molecule has 0 radical (unpaired) electrons. The Balaban J connectivity index is 1.40. The maximum absolute atomic E-state index is 8.11. The molecular formula is C45H40Cl2SiZr. The molecule has 242 valence electrons. The molecule has 8 rings (SSSR count). The molecule has 0 nitrogen and oxygen atoms in total. The van der Waals surface area contributed by atoms with Crippen LogP contribution >= 0.6 is 17.0 Å². The topological polar surface area (TPSA) is 0 Å². The number of fused-ring (bicyclic) bond motifs is 4. The Morgan fingerprint density at radius 3 is 1.86 bits per heavy atom. The van der Waals surface area contributed by atoms with Crippen LogP contribution in [-0.4, -0.2) is 9.52 Å². The molecule has 0 N–H and O–H groups in total. The summed E-state index contributed by atoms with van der Waals surface area (Å²) < 4.78 is 1.20. The average Bonchev–Trinajstić information content (AvgIpc) is 3.71. The van der Waals surface area contributed by atoms with Crippen molar-refractivity contribution in [2.45, 2.75) is 43.2 Å². The third kappa shape index (κ3) is 5.80. The maximum atomic E-state index is 8.11. The van der Waals surface area contributed by atoms with Crippen LogP contribution < -0.4 is 13.6 Å². The summed E-state index contributed by atoms with van der Waals surface area (Å²) in [5.74, 6) is 0.834. The number of halogens is 2. The minimum atomic E-state index is -4.24. The molecule has 0 bridgehead atoms. The van der Waals surface area contributed by atoms with Gasteiger partial charge < -0.3 is 0 Å². The summed E-state index contributed by atoms with van der Waals surface area (Å²) in [5.41, 5.74) is 15.4. The van der Waals surface area contributed by atoms with Crippen molar-refractivity contribution in [3.05, 3.63) is 161 Å². The van der Waals surface area contributed by atoms with Gasteiger partial charge in [0.2, 0.25) is 0 Å². The summed E-state index contributed by atoms with van der Waals surface area (Å²) in [6, 6.07) is 49.2.